The van der Waals surface area contributed by atoms with Gasteiger partial charge in [-0.25, -0.2) is 4.98 Å². The first-order valence-electron chi connectivity index (χ1n) is 9.99. The molecule has 2 aromatic rings. The molecule has 1 unspecified atom stereocenters. The molecule has 3 heterocycles. The predicted molar refractivity (Wildman–Crippen MR) is 102 cm³/mol. The number of hydrogen-bond acceptors (Lipinski definition) is 7. The maximum absolute atomic E-state index is 13.7. The molecule has 0 saturated heterocycles. The van der Waals surface area contributed by atoms with E-state index in [-0.39, 0.29) is 25.8 Å². The molecule has 3 N–H and O–H groups in total. The Bertz CT molecular complexity index is 1040. The number of alkyl halides is 6. The van der Waals surface area contributed by atoms with Crippen molar-refractivity contribution < 1.29 is 40.7 Å². The number of hydrogen-bond donors (Lipinski definition) is 2. The van der Waals surface area contributed by atoms with Gasteiger partial charge in [-0.05, 0) is 39.2 Å². The van der Waals surface area contributed by atoms with Gasteiger partial charge in [0.1, 0.15) is 5.69 Å². The Morgan fingerprint density at radius 1 is 1.12 bits per heavy atom. The smallest absolute Gasteiger partial charge is 0.416 e. The van der Waals surface area contributed by atoms with Crippen LogP contribution in [0, 0.1) is 0 Å². The Morgan fingerprint density at radius 3 is 2.36 bits per heavy atom. The summed E-state index contributed by atoms with van der Waals surface area (Å²) in [7, 11) is 0. The van der Waals surface area contributed by atoms with Crippen molar-refractivity contribution >= 4 is 11.6 Å². The van der Waals surface area contributed by atoms with Crippen molar-refractivity contribution in [3.05, 3.63) is 23.2 Å². The lowest BCUT2D eigenvalue weighted by molar-refractivity contribution is -0.277. The van der Waals surface area contributed by atoms with Gasteiger partial charge in [0, 0.05) is 12.6 Å². The summed E-state index contributed by atoms with van der Waals surface area (Å²) in [5.74, 6) is -2.98. The minimum Gasteiger partial charge on any atom is -0.416 e. The number of halogens is 6. The molecule has 1 amide bonds. The van der Waals surface area contributed by atoms with E-state index in [0.717, 1.165) is 4.90 Å². The second kappa shape index (κ2) is 8.47. The largest absolute Gasteiger partial charge is 0.426 e. The Balaban J connectivity index is 2.26. The lowest BCUT2D eigenvalue weighted by Gasteiger charge is -2.29. The summed E-state index contributed by atoms with van der Waals surface area (Å²) in [6, 6.07) is -0.0869. The van der Waals surface area contributed by atoms with Gasteiger partial charge >= 0.3 is 12.4 Å². The van der Waals surface area contributed by atoms with Gasteiger partial charge in [-0.1, -0.05) is 6.42 Å². The van der Waals surface area contributed by atoms with E-state index in [2.05, 4.69) is 15.2 Å². The van der Waals surface area contributed by atoms with Crippen LogP contribution in [0.4, 0.5) is 32.0 Å². The summed E-state index contributed by atoms with van der Waals surface area (Å²) in [6.07, 6.45) is -10.8. The Labute approximate surface area is 183 Å². The third-order valence-corrected chi connectivity index (χ3v) is 5.33. The highest BCUT2D eigenvalue weighted by Crippen LogP contribution is 2.43. The fraction of sp³-hybridized carbons (Fsp3) is 0.579. The SMILES string of the molecule is CC(C)N1CCCCCC(O)(C(F)(F)F)c2nnc(o2)-c2nc(c(C(F)(F)F)cc2N)C1=O. The lowest BCUT2D eigenvalue weighted by Crippen LogP contribution is -2.42. The van der Waals surface area contributed by atoms with Crippen LogP contribution in [0.5, 0.6) is 0 Å². The number of nitrogens with zero attached hydrogens (tertiary/aromatic N) is 4. The first-order chi connectivity index (χ1) is 15.2. The topological polar surface area (TPSA) is 118 Å². The van der Waals surface area contributed by atoms with Crippen LogP contribution in [0.25, 0.3) is 11.6 Å². The number of aromatic nitrogens is 3. The molecular weight excluding hydrogens is 460 g/mol. The molecule has 182 valence electrons. The number of fused-ring (bicyclic) bond motifs is 5. The molecule has 4 bridgehead atoms. The Morgan fingerprint density at radius 2 is 1.79 bits per heavy atom. The van der Waals surface area contributed by atoms with Gasteiger partial charge in [-0.2, -0.15) is 26.3 Å². The van der Waals surface area contributed by atoms with Crippen LogP contribution in [0.3, 0.4) is 0 Å². The van der Waals surface area contributed by atoms with E-state index in [4.69, 9.17) is 10.2 Å². The number of anilines is 1. The molecule has 0 radical (unpaired) electrons. The molecule has 1 aliphatic rings. The number of amides is 1. The van der Waals surface area contributed by atoms with Crippen molar-refractivity contribution in [2.45, 2.75) is 63.5 Å². The molecular formula is C19H21F6N5O3. The maximum atomic E-state index is 13.7. The number of carbonyl (C=O) groups is 1. The summed E-state index contributed by atoms with van der Waals surface area (Å²) in [5, 5.41) is 17.0. The van der Waals surface area contributed by atoms with Crippen molar-refractivity contribution in [2.24, 2.45) is 0 Å². The summed E-state index contributed by atoms with van der Waals surface area (Å²) < 4.78 is 87.0. The average molecular weight is 481 g/mol. The van der Waals surface area contributed by atoms with E-state index in [1.54, 1.807) is 13.8 Å². The third-order valence-electron chi connectivity index (χ3n) is 5.33. The van der Waals surface area contributed by atoms with E-state index in [1.807, 2.05) is 0 Å². The zero-order chi connectivity index (χ0) is 24.8. The Kier molecular flexibility index (Phi) is 6.35. The average Bonchev–Trinajstić information content (AvgIpc) is 3.17. The molecule has 8 nitrogen and oxygen atoms in total. The monoisotopic (exact) mass is 481 g/mol. The number of pyridine rings is 1. The van der Waals surface area contributed by atoms with E-state index in [1.165, 1.54) is 0 Å². The number of nitrogen functional groups attached to an aromatic ring is 1. The molecule has 2 aromatic heterocycles. The highest BCUT2D eigenvalue weighted by atomic mass is 19.4. The molecule has 0 aliphatic carbocycles. The Hall–Kier alpha value is -2.90. The summed E-state index contributed by atoms with van der Waals surface area (Å²) >= 11 is 0. The number of rotatable bonds is 1. The molecule has 1 aliphatic heterocycles. The molecule has 3 rings (SSSR count). The molecule has 0 spiro atoms. The molecule has 1 atom stereocenters. The van der Waals surface area contributed by atoms with Crippen LogP contribution in [0.2, 0.25) is 0 Å². The summed E-state index contributed by atoms with van der Waals surface area (Å²) in [5.41, 5.74) is -1.46. The van der Waals surface area contributed by atoms with Gasteiger partial charge in [0.25, 0.3) is 17.7 Å². The van der Waals surface area contributed by atoms with Crippen LogP contribution in [-0.2, 0) is 11.8 Å². The molecule has 0 fully saturated rings. The first kappa shape index (κ1) is 24.7. The van der Waals surface area contributed by atoms with Crippen LogP contribution in [-0.4, -0.2) is 49.9 Å². The lowest BCUT2D eigenvalue weighted by atomic mass is 9.95. The van der Waals surface area contributed by atoms with Crippen molar-refractivity contribution in [2.75, 3.05) is 12.3 Å². The van der Waals surface area contributed by atoms with Gasteiger partial charge < -0.3 is 20.2 Å². The fourth-order valence-corrected chi connectivity index (χ4v) is 3.51. The molecule has 33 heavy (non-hydrogen) atoms. The van der Waals surface area contributed by atoms with Crippen LogP contribution in [0.15, 0.2) is 10.5 Å². The second-order valence-electron chi connectivity index (χ2n) is 7.99. The first-order valence-corrected chi connectivity index (χ1v) is 9.99. The number of carbonyl (C=O) groups excluding carboxylic acids is 1. The van der Waals surface area contributed by atoms with Crippen molar-refractivity contribution in [1.82, 2.24) is 20.1 Å². The minimum absolute atomic E-state index is 0.0297. The van der Waals surface area contributed by atoms with Gasteiger partial charge in [-0.3, -0.25) is 4.79 Å². The molecule has 0 aromatic carbocycles. The quantitative estimate of drug-likeness (QED) is 0.593. The van der Waals surface area contributed by atoms with Gasteiger partial charge in [0.05, 0.1) is 11.3 Å². The zero-order valence-electron chi connectivity index (χ0n) is 17.6. The standard InChI is InChI=1S/C19H21F6N5O3/c1-9(2)30-7-5-3-4-6-17(32,19(23,24)25)16-29-28-14(33-16)13-11(26)8-10(18(20,21)22)12(27-13)15(30)31/h8-9,32H,3-7,26H2,1-2H3. The van der Waals surface area contributed by atoms with E-state index >= 15 is 0 Å². The number of aliphatic hydroxyl groups is 1. The van der Waals surface area contributed by atoms with E-state index < -0.39 is 70.7 Å². The van der Waals surface area contributed by atoms with Gasteiger partial charge in [0.15, 0.2) is 5.69 Å². The fourth-order valence-electron chi connectivity index (χ4n) is 3.51. The summed E-state index contributed by atoms with van der Waals surface area (Å²) in [4.78, 5) is 17.9. The molecule has 14 heteroatoms. The zero-order valence-corrected chi connectivity index (χ0v) is 17.6. The predicted octanol–water partition coefficient (Wildman–Crippen LogP) is 3.91. The van der Waals surface area contributed by atoms with Gasteiger partial charge in [-0.15, -0.1) is 10.2 Å². The number of nitrogens with two attached hydrogens (primary N) is 1. The minimum atomic E-state index is -5.17. The van der Waals surface area contributed by atoms with E-state index in [9.17, 15) is 36.2 Å². The van der Waals surface area contributed by atoms with Crippen LogP contribution in [0.1, 0.15) is 61.5 Å². The highest BCUT2D eigenvalue weighted by molar-refractivity contribution is 5.95. The van der Waals surface area contributed by atoms with E-state index in [0.29, 0.717) is 6.07 Å². The van der Waals surface area contributed by atoms with Gasteiger partial charge in [0.2, 0.25) is 5.60 Å². The summed E-state index contributed by atoms with van der Waals surface area (Å²) in [6.45, 7) is 3.14. The highest BCUT2D eigenvalue weighted by Gasteiger charge is 2.58. The van der Waals surface area contributed by atoms with Crippen molar-refractivity contribution in [1.29, 1.82) is 0 Å². The molecule has 0 saturated carbocycles. The normalized spacial score (nSPS) is 20.8. The van der Waals surface area contributed by atoms with Crippen molar-refractivity contribution in [3.8, 4) is 11.6 Å². The van der Waals surface area contributed by atoms with Crippen molar-refractivity contribution in [3.63, 3.8) is 0 Å². The van der Waals surface area contributed by atoms with Crippen LogP contribution < -0.4 is 5.73 Å². The second-order valence-corrected chi connectivity index (χ2v) is 7.99. The third kappa shape index (κ3) is 4.61. The van der Waals surface area contributed by atoms with Crippen LogP contribution >= 0.6 is 0 Å². The maximum Gasteiger partial charge on any atom is 0.426 e.